The lowest BCUT2D eigenvalue weighted by Gasteiger charge is -2.10. The molecule has 6 heteroatoms. The second-order valence-electron chi connectivity index (χ2n) is 5.22. The molecule has 1 aliphatic rings. The molecular weight excluding hydrogens is 346 g/mol. The van der Waals surface area contributed by atoms with Crippen molar-refractivity contribution >= 4 is 27.7 Å². The zero-order chi connectivity index (χ0) is 15.5. The molecule has 0 unspecified atom stereocenters. The van der Waals surface area contributed by atoms with Crippen molar-refractivity contribution in [2.45, 2.75) is 25.3 Å². The first-order chi connectivity index (χ1) is 10.7. The van der Waals surface area contributed by atoms with E-state index in [1.807, 2.05) is 18.2 Å². The lowest BCUT2D eigenvalue weighted by molar-refractivity contribution is 0.0599. The van der Waals surface area contributed by atoms with E-state index in [1.54, 1.807) is 12.3 Å². The van der Waals surface area contributed by atoms with Crippen LogP contribution in [0.3, 0.4) is 0 Å². The number of halogens is 1. The average Bonchev–Trinajstić information content (AvgIpc) is 3.38. The van der Waals surface area contributed by atoms with Crippen molar-refractivity contribution in [2.75, 3.05) is 12.4 Å². The number of nitrogens with one attached hydrogen (secondary N) is 1. The van der Waals surface area contributed by atoms with Gasteiger partial charge in [-0.15, -0.1) is 0 Å². The van der Waals surface area contributed by atoms with E-state index in [0.717, 1.165) is 34.5 Å². The predicted octanol–water partition coefficient (Wildman–Crippen LogP) is 3.52. The highest BCUT2D eigenvalue weighted by Crippen LogP contribution is 2.40. The van der Waals surface area contributed by atoms with E-state index in [9.17, 15) is 4.79 Å². The fraction of sp³-hybridized carbons (Fsp3) is 0.312. The highest BCUT2D eigenvalue weighted by Gasteiger charge is 2.30. The third kappa shape index (κ3) is 3.44. The summed E-state index contributed by atoms with van der Waals surface area (Å²) >= 11 is 3.36. The van der Waals surface area contributed by atoms with Crippen LogP contribution in [0.25, 0.3) is 0 Å². The third-order valence-electron chi connectivity index (χ3n) is 3.53. The van der Waals surface area contributed by atoms with Crippen LogP contribution in [0.4, 0.5) is 5.82 Å². The van der Waals surface area contributed by atoms with Crippen LogP contribution in [0.15, 0.2) is 34.9 Å². The minimum atomic E-state index is -0.316. The zero-order valence-corrected chi connectivity index (χ0v) is 13.8. The molecule has 1 aliphatic carbocycles. The number of pyridine rings is 2. The molecule has 0 amide bonds. The van der Waals surface area contributed by atoms with Gasteiger partial charge in [-0.1, -0.05) is 0 Å². The summed E-state index contributed by atoms with van der Waals surface area (Å²) in [5, 5.41) is 3.23. The maximum absolute atomic E-state index is 11.8. The summed E-state index contributed by atoms with van der Waals surface area (Å²) in [6.45, 7) is 0.565. The molecule has 114 valence electrons. The summed E-state index contributed by atoms with van der Waals surface area (Å²) in [6.07, 6.45) is 3.91. The van der Waals surface area contributed by atoms with E-state index in [2.05, 4.69) is 31.2 Å². The molecule has 1 N–H and O–H groups in total. The Labute approximate surface area is 137 Å². The molecule has 5 nitrogen and oxygen atoms in total. The first kappa shape index (κ1) is 15.0. The molecule has 0 atom stereocenters. The normalized spacial score (nSPS) is 13.7. The fourth-order valence-electron chi connectivity index (χ4n) is 2.23. The summed E-state index contributed by atoms with van der Waals surface area (Å²) in [5.74, 6) is 0.860. The van der Waals surface area contributed by atoms with E-state index in [0.29, 0.717) is 18.0 Å². The van der Waals surface area contributed by atoms with Crippen molar-refractivity contribution in [3.05, 3.63) is 51.9 Å². The van der Waals surface area contributed by atoms with E-state index < -0.39 is 0 Å². The highest BCUT2D eigenvalue weighted by molar-refractivity contribution is 9.10. The summed E-state index contributed by atoms with van der Waals surface area (Å²) in [4.78, 5) is 20.7. The molecular formula is C16H16BrN3O2. The van der Waals surface area contributed by atoms with Crippen LogP contribution in [0.5, 0.6) is 0 Å². The van der Waals surface area contributed by atoms with Gasteiger partial charge in [-0.3, -0.25) is 4.98 Å². The molecule has 3 rings (SSSR count). The van der Waals surface area contributed by atoms with Crippen molar-refractivity contribution in [1.82, 2.24) is 9.97 Å². The molecule has 0 spiro atoms. The van der Waals surface area contributed by atoms with Gasteiger partial charge in [0.25, 0.3) is 0 Å². The number of aromatic nitrogens is 2. The number of carbonyl (C=O) groups excluding carboxylic acids is 1. The molecule has 1 saturated carbocycles. The number of ether oxygens (including phenoxy) is 1. The maximum Gasteiger partial charge on any atom is 0.339 e. The SMILES string of the molecule is COC(=O)c1ccc(CNc2ccc(Br)cn2)nc1C1CC1. The minimum absolute atomic E-state index is 0.316. The van der Waals surface area contributed by atoms with Crippen LogP contribution >= 0.6 is 15.9 Å². The topological polar surface area (TPSA) is 64.1 Å². The second-order valence-corrected chi connectivity index (χ2v) is 6.13. The first-order valence-electron chi connectivity index (χ1n) is 7.11. The Morgan fingerprint density at radius 2 is 2.18 bits per heavy atom. The standard InChI is InChI=1S/C16H16BrN3O2/c1-22-16(21)13-6-5-12(20-15(13)10-2-3-10)9-19-14-7-4-11(17)8-18-14/h4-8,10H,2-3,9H2,1H3,(H,18,19). The first-order valence-corrected chi connectivity index (χ1v) is 7.90. The number of anilines is 1. The van der Waals surface area contributed by atoms with E-state index >= 15 is 0 Å². The van der Waals surface area contributed by atoms with Gasteiger partial charge in [0.2, 0.25) is 0 Å². The molecule has 2 aromatic rings. The van der Waals surface area contributed by atoms with Crippen molar-refractivity contribution < 1.29 is 9.53 Å². The van der Waals surface area contributed by atoms with Gasteiger partial charge in [0.05, 0.1) is 30.6 Å². The van der Waals surface area contributed by atoms with Crippen LogP contribution in [-0.2, 0) is 11.3 Å². The van der Waals surface area contributed by atoms with E-state index in [-0.39, 0.29) is 5.97 Å². The van der Waals surface area contributed by atoms with Crippen LogP contribution in [-0.4, -0.2) is 23.0 Å². The lowest BCUT2D eigenvalue weighted by atomic mass is 10.1. The second kappa shape index (κ2) is 6.44. The Balaban J connectivity index is 1.75. The molecule has 0 bridgehead atoms. The van der Waals surface area contributed by atoms with E-state index in [1.165, 1.54) is 7.11 Å². The summed E-state index contributed by atoms with van der Waals surface area (Å²) < 4.78 is 5.77. The van der Waals surface area contributed by atoms with Crippen molar-refractivity contribution in [2.24, 2.45) is 0 Å². The minimum Gasteiger partial charge on any atom is -0.465 e. The van der Waals surface area contributed by atoms with Gasteiger partial charge in [-0.25, -0.2) is 9.78 Å². The van der Waals surface area contributed by atoms with Gasteiger partial charge in [0, 0.05) is 16.6 Å². The molecule has 0 radical (unpaired) electrons. The molecule has 2 aromatic heterocycles. The molecule has 22 heavy (non-hydrogen) atoms. The highest BCUT2D eigenvalue weighted by atomic mass is 79.9. The third-order valence-corrected chi connectivity index (χ3v) is 4.00. The van der Waals surface area contributed by atoms with E-state index in [4.69, 9.17) is 4.74 Å². The van der Waals surface area contributed by atoms with Crippen LogP contribution in [0.1, 0.15) is 40.5 Å². The summed E-state index contributed by atoms with van der Waals surface area (Å²) in [7, 11) is 1.40. The Kier molecular flexibility index (Phi) is 4.38. The monoisotopic (exact) mass is 361 g/mol. The van der Waals surface area contributed by atoms with Gasteiger partial charge in [-0.05, 0) is 53.0 Å². The number of esters is 1. The van der Waals surface area contributed by atoms with Gasteiger partial charge in [0.1, 0.15) is 5.82 Å². The molecule has 0 saturated heterocycles. The molecule has 2 heterocycles. The van der Waals surface area contributed by atoms with Crippen LogP contribution in [0, 0.1) is 0 Å². The predicted molar refractivity (Wildman–Crippen MR) is 86.8 cm³/mol. The van der Waals surface area contributed by atoms with Gasteiger partial charge in [0.15, 0.2) is 0 Å². The number of hydrogen-bond acceptors (Lipinski definition) is 5. The number of methoxy groups -OCH3 is 1. The van der Waals surface area contributed by atoms with Crippen molar-refractivity contribution in [3.8, 4) is 0 Å². The number of hydrogen-bond donors (Lipinski definition) is 1. The Hall–Kier alpha value is -1.95. The molecule has 1 fully saturated rings. The lowest BCUT2D eigenvalue weighted by Crippen LogP contribution is -2.10. The number of rotatable bonds is 5. The maximum atomic E-state index is 11.8. The van der Waals surface area contributed by atoms with Crippen LogP contribution in [0.2, 0.25) is 0 Å². The van der Waals surface area contributed by atoms with Crippen molar-refractivity contribution in [3.63, 3.8) is 0 Å². The Morgan fingerprint density at radius 3 is 2.82 bits per heavy atom. The molecule has 0 aliphatic heterocycles. The summed E-state index contributed by atoms with van der Waals surface area (Å²) in [6, 6.07) is 7.48. The Morgan fingerprint density at radius 1 is 1.36 bits per heavy atom. The largest absolute Gasteiger partial charge is 0.465 e. The van der Waals surface area contributed by atoms with Gasteiger partial charge < -0.3 is 10.1 Å². The Bertz CT molecular complexity index is 684. The van der Waals surface area contributed by atoms with Gasteiger partial charge >= 0.3 is 5.97 Å². The molecule has 0 aromatic carbocycles. The fourth-order valence-corrected chi connectivity index (χ4v) is 2.46. The average molecular weight is 362 g/mol. The zero-order valence-electron chi connectivity index (χ0n) is 12.2. The number of carbonyl (C=O) groups is 1. The van der Waals surface area contributed by atoms with Crippen molar-refractivity contribution in [1.29, 1.82) is 0 Å². The van der Waals surface area contributed by atoms with Gasteiger partial charge in [-0.2, -0.15) is 0 Å². The summed E-state index contributed by atoms with van der Waals surface area (Å²) in [5.41, 5.74) is 2.32. The van der Waals surface area contributed by atoms with Crippen LogP contribution < -0.4 is 5.32 Å². The smallest absolute Gasteiger partial charge is 0.339 e. The quantitative estimate of drug-likeness (QED) is 0.825. The number of nitrogens with zero attached hydrogens (tertiary/aromatic N) is 2.